The lowest BCUT2D eigenvalue weighted by molar-refractivity contribution is -0.385. The first-order valence-electron chi connectivity index (χ1n) is 6.61. The summed E-state index contributed by atoms with van der Waals surface area (Å²) in [6, 6.07) is 12.1. The van der Waals surface area contributed by atoms with E-state index in [1.165, 1.54) is 6.07 Å². The van der Waals surface area contributed by atoms with Crippen molar-refractivity contribution in [1.29, 1.82) is 0 Å². The van der Waals surface area contributed by atoms with E-state index in [-0.39, 0.29) is 17.4 Å². The second-order valence-electron chi connectivity index (χ2n) is 5.16. The second-order valence-corrected chi connectivity index (χ2v) is 5.59. The Morgan fingerprint density at radius 3 is 2.71 bits per heavy atom. The first-order chi connectivity index (χ1) is 10.1. The number of hydrogen-bond donors (Lipinski definition) is 0. The Balaban J connectivity index is 1.90. The van der Waals surface area contributed by atoms with Crippen LogP contribution in [0, 0.1) is 16.0 Å². The Morgan fingerprint density at radius 2 is 2.00 bits per heavy atom. The van der Waals surface area contributed by atoms with Gasteiger partial charge in [-0.3, -0.25) is 14.9 Å². The number of Topliss-reactive ketones (excluding diaryl/α,β-unsaturated/α-hetero) is 1. The molecule has 0 aliphatic heterocycles. The normalized spacial score (nSPS) is 16.8. The van der Waals surface area contributed by atoms with Crippen LogP contribution in [0.25, 0.3) is 0 Å². The predicted octanol–water partition coefficient (Wildman–Crippen LogP) is 3.85. The summed E-state index contributed by atoms with van der Waals surface area (Å²) in [6.07, 6.45) is 0.996. The van der Waals surface area contributed by atoms with Gasteiger partial charge in [0.15, 0.2) is 5.78 Å². The summed E-state index contributed by atoms with van der Waals surface area (Å²) in [5.41, 5.74) is 2.28. The zero-order valence-corrected chi connectivity index (χ0v) is 11.8. The SMILES string of the molecule is O=C1c2ccccc2CC1Cc1ccc(Cl)cc1[N+](=O)[O-]. The molecule has 0 saturated heterocycles. The standard InChI is InChI=1S/C16H12ClNO3/c17-13-6-5-11(15(9-13)18(20)21)8-12-7-10-3-1-2-4-14(10)16(12)19/h1-6,9,12H,7-8H2. The van der Waals surface area contributed by atoms with Gasteiger partial charge in [-0.25, -0.2) is 0 Å². The maximum absolute atomic E-state index is 12.4. The van der Waals surface area contributed by atoms with Gasteiger partial charge in [0.2, 0.25) is 0 Å². The first-order valence-corrected chi connectivity index (χ1v) is 6.99. The smallest absolute Gasteiger partial charge is 0.274 e. The monoisotopic (exact) mass is 301 g/mol. The van der Waals surface area contributed by atoms with E-state index in [4.69, 9.17) is 11.6 Å². The van der Waals surface area contributed by atoms with Gasteiger partial charge in [-0.2, -0.15) is 0 Å². The lowest BCUT2D eigenvalue weighted by Gasteiger charge is -2.08. The molecule has 0 saturated carbocycles. The molecule has 0 N–H and O–H groups in total. The molecule has 1 aliphatic rings. The number of fused-ring (bicyclic) bond motifs is 1. The molecule has 2 aromatic rings. The van der Waals surface area contributed by atoms with Gasteiger partial charge >= 0.3 is 0 Å². The molecule has 1 aliphatic carbocycles. The molecular formula is C16H12ClNO3. The quantitative estimate of drug-likeness (QED) is 0.639. The van der Waals surface area contributed by atoms with Crippen molar-refractivity contribution in [3.63, 3.8) is 0 Å². The minimum atomic E-state index is -0.451. The third kappa shape index (κ3) is 2.54. The highest BCUT2D eigenvalue weighted by Crippen LogP contribution is 2.32. The number of halogens is 1. The van der Waals surface area contributed by atoms with E-state index in [2.05, 4.69) is 0 Å². The van der Waals surface area contributed by atoms with E-state index in [0.717, 1.165) is 11.1 Å². The number of ketones is 1. The van der Waals surface area contributed by atoms with Crippen molar-refractivity contribution in [2.75, 3.05) is 0 Å². The largest absolute Gasteiger partial charge is 0.294 e. The van der Waals surface area contributed by atoms with Crippen LogP contribution < -0.4 is 0 Å². The van der Waals surface area contributed by atoms with Crippen LogP contribution in [0.3, 0.4) is 0 Å². The zero-order chi connectivity index (χ0) is 15.0. The van der Waals surface area contributed by atoms with Gasteiger partial charge < -0.3 is 0 Å². The second kappa shape index (κ2) is 5.30. The third-order valence-corrected chi connectivity index (χ3v) is 4.07. The summed E-state index contributed by atoms with van der Waals surface area (Å²) in [6.45, 7) is 0. The number of benzene rings is 2. The number of rotatable bonds is 3. The Morgan fingerprint density at radius 1 is 1.24 bits per heavy atom. The first kappa shape index (κ1) is 13.8. The highest BCUT2D eigenvalue weighted by molar-refractivity contribution is 6.30. The Labute approximate surface area is 126 Å². The Kier molecular flexibility index (Phi) is 3.47. The fourth-order valence-corrected chi connectivity index (χ4v) is 2.99. The fourth-order valence-electron chi connectivity index (χ4n) is 2.83. The lowest BCUT2D eigenvalue weighted by atomic mass is 9.95. The Bertz CT molecular complexity index is 742. The average Bonchev–Trinajstić information content (AvgIpc) is 2.78. The molecule has 21 heavy (non-hydrogen) atoms. The van der Waals surface area contributed by atoms with Crippen LogP contribution in [0.15, 0.2) is 42.5 Å². The van der Waals surface area contributed by atoms with Crippen LogP contribution in [-0.4, -0.2) is 10.7 Å². The number of nitro benzene ring substituents is 1. The van der Waals surface area contributed by atoms with Gasteiger partial charge in [-0.05, 0) is 24.5 Å². The molecule has 0 aromatic heterocycles. The van der Waals surface area contributed by atoms with E-state index < -0.39 is 4.92 Å². The van der Waals surface area contributed by atoms with Crippen molar-refractivity contribution in [1.82, 2.24) is 0 Å². The van der Waals surface area contributed by atoms with Gasteiger partial charge in [0, 0.05) is 28.1 Å². The highest BCUT2D eigenvalue weighted by Gasteiger charge is 2.31. The molecule has 1 unspecified atom stereocenters. The van der Waals surface area contributed by atoms with Gasteiger partial charge in [0.25, 0.3) is 5.69 Å². The van der Waals surface area contributed by atoms with Crippen molar-refractivity contribution < 1.29 is 9.72 Å². The van der Waals surface area contributed by atoms with Crippen LogP contribution in [0.4, 0.5) is 5.69 Å². The minimum Gasteiger partial charge on any atom is -0.294 e. The van der Waals surface area contributed by atoms with Gasteiger partial charge in [-0.15, -0.1) is 0 Å². The number of carbonyl (C=O) groups excluding carboxylic acids is 1. The summed E-state index contributed by atoms with van der Waals surface area (Å²) in [5.74, 6) is -0.169. The lowest BCUT2D eigenvalue weighted by Crippen LogP contribution is -2.13. The maximum atomic E-state index is 12.4. The molecule has 0 amide bonds. The van der Waals surface area contributed by atoms with E-state index in [1.54, 1.807) is 12.1 Å². The summed E-state index contributed by atoms with van der Waals surface area (Å²) < 4.78 is 0. The van der Waals surface area contributed by atoms with Crippen LogP contribution >= 0.6 is 11.6 Å². The van der Waals surface area contributed by atoms with Gasteiger partial charge in [-0.1, -0.05) is 41.9 Å². The number of carbonyl (C=O) groups is 1. The average molecular weight is 302 g/mol. The molecule has 0 heterocycles. The van der Waals surface area contributed by atoms with Crippen LogP contribution in [-0.2, 0) is 12.8 Å². The molecule has 0 spiro atoms. The fraction of sp³-hybridized carbons (Fsp3) is 0.188. The third-order valence-electron chi connectivity index (χ3n) is 3.83. The molecule has 1 atom stereocenters. The van der Waals surface area contributed by atoms with Crippen molar-refractivity contribution in [2.24, 2.45) is 5.92 Å². The maximum Gasteiger partial charge on any atom is 0.274 e. The Hall–Kier alpha value is -2.20. The predicted molar refractivity (Wildman–Crippen MR) is 79.8 cm³/mol. The molecule has 5 heteroatoms. The van der Waals surface area contributed by atoms with Crippen LogP contribution in [0.2, 0.25) is 5.02 Å². The zero-order valence-electron chi connectivity index (χ0n) is 11.1. The molecule has 0 radical (unpaired) electrons. The van der Waals surface area contributed by atoms with Gasteiger partial charge in [0.05, 0.1) is 4.92 Å². The molecule has 0 fully saturated rings. The highest BCUT2D eigenvalue weighted by atomic mass is 35.5. The van der Waals surface area contributed by atoms with Gasteiger partial charge in [0.1, 0.15) is 0 Å². The van der Waals surface area contributed by atoms with Crippen LogP contribution in [0.5, 0.6) is 0 Å². The van der Waals surface area contributed by atoms with E-state index in [0.29, 0.717) is 23.4 Å². The number of nitrogens with zero attached hydrogens (tertiary/aromatic N) is 1. The molecule has 4 nitrogen and oxygen atoms in total. The van der Waals surface area contributed by atoms with E-state index >= 15 is 0 Å². The van der Waals surface area contributed by atoms with Crippen molar-refractivity contribution in [3.8, 4) is 0 Å². The van der Waals surface area contributed by atoms with E-state index in [1.807, 2.05) is 24.3 Å². The summed E-state index contributed by atoms with van der Waals surface area (Å²) in [5, 5.41) is 11.4. The summed E-state index contributed by atoms with van der Waals surface area (Å²) in [7, 11) is 0. The summed E-state index contributed by atoms with van der Waals surface area (Å²) >= 11 is 5.81. The van der Waals surface area contributed by atoms with Crippen molar-refractivity contribution in [3.05, 3.63) is 74.3 Å². The van der Waals surface area contributed by atoms with Crippen molar-refractivity contribution in [2.45, 2.75) is 12.8 Å². The minimum absolute atomic E-state index is 0.0220. The topological polar surface area (TPSA) is 60.2 Å². The molecule has 0 bridgehead atoms. The number of nitro groups is 1. The number of hydrogen-bond acceptors (Lipinski definition) is 3. The van der Waals surface area contributed by atoms with Crippen LogP contribution in [0.1, 0.15) is 21.5 Å². The molecule has 3 rings (SSSR count). The summed E-state index contributed by atoms with van der Waals surface area (Å²) in [4.78, 5) is 23.0. The van der Waals surface area contributed by atoms with Crippen molar-refractivity contribution >= 4 is 23.1 Å². The van der Waals surface area contributed by atoms with E-state index in [9.17, 15) is 14.9 Å². The molecule has 2 aromatic carbocycles. The molecule has 106 valence electrons. The molecular weight excluding hydrogens is 290 g/mol.